The van der Waals surface area contributed by atoms with Gasteiger partial charge in [-0.2, -0.15) is 0 Å². The molecule has 0 bridgehead atoms. The van der Waals surface area contributed by atoms with E-state index < -0.39 is 17.8 Å². The van der Waals surface area contributed by atoms with Crippen LogP contribution in [0.5, 0.6) is 5.75 Å². The third-order valence-corrected chi connectivity index (χ3v) is 5.88. The highest BCUT2D eigenvalue weighted by Gasteiger charge is 2.41. The summed E-state index contributed by atoms with van der Waals surface area (Å²) in [6.45, 7) is 0.238. The van der Waals surface area contributed by atoms with Crippen LogP contribution >= 0.6 is 0 Å². The van der Waals surface area contributed by atoms with Crippen molar-refractivity contribution in [3.63, 3.8) is 0 Å². The molecule has 0 aromatic heterocycles. The fourth-order valence-corrected chi connectivity index (χ4v) is 4.18. The van der Waals surface area contributed by atoms with Gasteiger partial charge in [0.1, 0.15) is 17.4 Å². The molecule has 1 aliphatic heterocycles. The minimum Gasteiger partial charge on any atom is -0.497 e. The number of nitrogens with zero attached hydrogens (tertiary/aromatic N) is 1. The van der Waals surface area contributed by atoms with Crippen molar-refractivity contribution in [1.82, 2.24) is 5.32 Å². The minimum atomic E-state index is -0.603. The number of anilines is 1. The average molecular weight is 450 g/mol. The third kappa shape index (κ3) is 5.03. The van der Waals surface area contributed by atoms with Crippen LogP contribution in [-0.4, -0.2) is 18.9 Å². The van der Waals surface area contributed by atoms with E-state index in [2.05, 4.69) is 5.32 Å². The number of benzene rings is 3. The summed E-state index contributed by atoms with van der Waals surface area (Å²) in [5.74, 6) is -0.973. The largest absolute Gasteiger partial charge is 0.497 e. The number of nitrogens with one attached hydrogen (secondary N) is 1. The van der Waals surface area contributed by atoms with Crippen molar-refractivity contribution in [1.29, 1.82) is 0 Å². The molecule has 5 nitrogen and oxygen atoms in total. The van der Waals surface area contributed by atoms with Crippen LogP contribution in [-0.2, 0) is 16.1 Å². The monoisotopic (exact) mass is 450 g/mol. The van der Waals surface area contributed by atoms with Gasteiger partial charge in [-0.3, -0.25) is 9.59 Å². The second kappa shape index (κ2) is 9.81. The molecule has 1 heterocycles. The number of ether oxygens (including phenoxy) is 1. The van der Waals surface area contributed by atoms with Gasteiger partial charge in [0.15, 0.2) is 0 Å². The van der Waals surface area contributed by atoms with Gasteiger partial charge in [-0.1, -0.05) is 24.3 Å². The van der Waals surface area contributed by atoms with Crippen LogP contribution in [0.4, 0.5) is 14.5 Å². The van der Waals surface area contributed by atoms with E-state index in [1.807, 2.05) is 0 Å². The summed E-state index contributed by atoms with van der Waals surface area (Å²) >= 11 is 0. The minimum absolute atomic E-state index is 0.114. The highest BCUT2D eigenvalue weighted by Crippen LogP contribution is 2.40. The predicted octanol–water partition coefficient (Wildman–Crippen LogP) is 4.77. The van der Waals surface area contributed by atoms with E-state index in [9.17, 15) is 18.4 Å². The van der Waals surface area contributed by atoms with Gasteiger partial charge in [0.2, 0.25) is 11.8 Å². The first-order valence-electron chi connectivity index (χ1n) is 10.7. The lowest BCUT2D eigenvalue weighted by molar-refractivity contribution is -0.129. The number of amides is 2. The molecule has 3 aromatic rings. The lowest BCUT2D eigenvalue weighted by atomic mass is 9.83. The topological polar surface area (TPSA) is 58.6 Å². The smallest absolute Gasteiger partial charge is 0.227 e. The van der Waals surface area contributed by atoms with Crippen molar-refractivity contribution in [2.45, 2.75) is 25.4 Å². The third-order valence-electron chi connectivity index (χ3n) is 5.88. The van der Waals surface area contributed by atoms with Gasteiger partial charge in [0.05, 0.1) is 19.1 Å². The molecule has 0 aliphatic carbocycles. The van der Waals surface area contributed by atoms with Gasteiger partial charge < -0.3 is 15.0 Å². The standard InChI is InChI=1S/C26H24F2N2O3/c1-33-22-12-10-21(11-13-22)30-24(31)15-14-23(25(30)18-4-8-20(28)9-5-18)26(32)29-16-17-2-6-19(27)7-3-17/h2-13,23,25H,14-16H2,1H3,(H,29,32). The fourth-order valence-electron chi connectivity index (χ4n) is 4.18. The second-order valence-corrected chi connectivity index (χ2v) is 7.95. The van der Waals surface area contributed by atoms with E-state index >= 15 is 0 Å². The van der Waals surface area contributed by atoms with Crippen molar-refractivity contribution in [3.8, 4) is 5.75 Å². The Morgan fingerprint density at radius 2 is 1.58 bits per heavy atom. The summed E-state index contributed by atoms with van der Waals surface area (Å²) < 4.78 is 32.0. The summed E-state index contributed by atoms with van der Waals surface area (Å²) in [7, 11) is 1.56. The van der Waals surface area contributed by atoms with E-state index in [4.69, 9.17) is 4.74 Å². The molecule has 2 amide bonds. The number of hydrogen-bond donors (Lipinski definition) is 1. The molecule has 2 unspecified atom stereocenters. The zero-order chi connectivity index (χ0) is 23.4. The summed E-state index contributed by atoms with van der Waals surface area (Å²) in [5.41, 5.74) is 2.07. The summed E-state index contributed by atoms with van der Waals surface area (Å²) in [5, 5.41) is 2.91. The van der Waals surface area contributed by atoms with Crippen molar-refractivity contribution in [2.75, 3.05) is 12.0 Å². The van der Waals surface area contributed by atoms with Crippen molar-refractivity contribution in [2.24, 2.45) is 5.92 Å². The first-order valence-corrected chi connectivity index (χ1v) is 10.7. The molecule has 0 saturated carbocycles. The Morgan fingerprint density at radius 3 is 2.18 bits per heavy atom. The molecule has 3 aromatic carbocycles. The van der Waals surface area contributed by atoms with Crippen molar-refractivity contribution >= 4 is 17.5 Å². The summed E-state index contributed by atoms with van der Waals surface area (Å²) in [4.78, 5) is 27.9. The zero-order valence-corrected chi connectivity index (χ0v) is 18.1. The quantitative estimate of drug-likeness (QED) is 0.588. The molecule has 1 aliphatic rings. The predicted molar refractivity (Wildman–Crippen MR) is 121 cm³/mol. The lowest BCUT2D eigenvalue weighted by Crippen LogP contribution is -2.48. The van der Waals surface area contributed by atoms with E-state index in [1.54, 1.807) is 60.5 Å². The van der Waals surface area contributed by atoms with E-state index in [0.717, 1.165) is 5.56 Å². The molecule has 0 spiro atoms. The van der Waals surface area contributed by atoms with E-state index in [-0.39, 0.29) is 30.6 Å². The summed E-state index contributed by atoms with van der Waals surface area (Å²) in [6.07, 6.45) is 0.571. The second-order valence-electron chi connectivity index (χ2n) is 7.95. The van der Waals surface area contributed by atoms with Gasteiger partial charge >= 0.3 is 0 Å². The van der Waals surface area contributed by atoms with E-state index in [0.29, 0.717) is 23.4 Å². The van der Waals surface area contributed by atoms with E-state index in [1.165, 1.54) is 24.3 Å². The maximum atomic E-state index is 13.6. The fraction of sp³-hybridized carbons (Fsp3) is 0.231. The van der Waals surface area contributed by atoms with Gasteiger partial charge in [-0.05, 0) is 66.1 Å². The van der Waals surface area contributed by atoms with Gasteiger partial charge in [0.25, 0.3) is 0 Å². The lowest BCUT2D eigenvalue weighted by Gasteiger charge is -2.41. The molecule has 7 heteroatoms. The van der Waals surface area contributed by atoms with Crippen LogP contribution < -0.4 is 15.0 Å². The Labute approximate surface area is 191 Å². The normalized spacial score (nSPS) is 18.2. The number of piperidine rings is 1. The Bertz CT molecular complexity index is 1120. The Morgan fingerprint density at radius 1 is 0.970 bits per heavy atom. The number of rotatable bonds is 6. The highest BCUT2D eigenvalue weighted by atomic mass is 19.1. The first-order chi connectivity index (χ1) is 16.0. The van der Waals surface area contributed by atoms with Crippen molar-refractivity contribution in [3.05, 3.63) is 95.6 Å². The van der Waals surface area contributed by atoms with Gasteiger partial charge in [0, 0.05) is 18.7 Å². The van der Waals surface area contributed by atoms with Crippen LogP contribution in [0.2, 0.25) is 0 Å². The summed E-state index contributed by atoms with van der Waals surface area (Å²) in [6, 6.07) is 18.2. The Hall–Kier alpha value is -3.74. The Balaban J connectivity index is 1.65. The molecule has 4 rings (SSSR count). The highest BCUT2D eigenvalue weighted by molar-refractivity contribution is 5.97. The zero-order valence-electron chi connectivity index (χ0n) is 18.1. The molecule has 170 valence electrons. The van der Waals surface area contributed by atoms with Crippen molar-refractivity contribution < 1.29 is 23.1 Å². The van der Waals surface area contributed by atoms with Crippen LogP contribution in [0.1, 0.15) is 30.0 Å². The Kier molecular flexibility index (Phi) is 6.68. The van der Waals surface area contributed by atoms with Crippen LogP contribution in [0.25, 0.3) is 0 Å². The number of carbonyl (C=O) groups is 2. The van der Waals surface area contributed by atoms with Gasteiger partial charge in [-0.15, -0.1) is 0 Å². The number of carbonyl (C=O) groups excluding carboxylic acids is 2. The number of methoxy groups -OCH3 is 1. The maximum absolute atomic E-state index is 13.6. The van der Waals surface area contributed by atoms with Crippen LogP contribution in [0, 0.1) is 17.6 Å². The molecular formula is C26H24F2N2O3. The molecule has 1 fully saturated rings. The molecular weight excluding hydrogens is 426 g/mol. The maximum Gasteiger partial charge on any atom is 0.227 e. The average Bonchev–Trinajstić information content (AvgIpc) is 2.84. The molecule has 33 heavy (non-hydrogen) atoms. The molecule has 0 radical (unpaired) electrons. The number of halogens is 2. The molecule has 2 atom stereocenters. The number of hydrogen-bond acceptors (Lipinski definition) is 3. The molecule has 1 saturated heterocycles. The van der Waals surface area contributed by atoms with Crippen LogP contribution in [0.3, 0.4) is 0 Å². The SMILES string of the molecule is COc1ccc(N2C(=O)CCC(C(=O)NCc3ccc(F)cc3)C2c2ccc(F)cc2)cc1. The van der Waals surface area contributed by atoms with Gasteiger partial charge in [-0.25, -0.2) is 8.78 Å². The first kappa shape index (κ1) is 22.5. The van der Waals surface area contributed by atoms with Crippen LogP contribution in [0.15, 0.2) is 72.8 Å². The molecule has 1 N–H and O–H groups in total.